The number of nitrogens with one attached hydrogen (secondary N) is 2. The summed E-state index contributed by atoms with van der Waals surface area (Å²) in [5, 5.41) is 3.15. The van der Waals surface area contributed by atoms with Gasteiger partial charge in [-0.05, 0) is 30.7 Å². The SMILES string of the molecule is CNc1cc(Oc2nc(-c3ccoc3)nc3cc[nH]c23)ccc1C. The number of aromatic amines is 1. The van der Waals surface area contributed by atoms with Gasteiger partial charge < -0.3 is 19.5 Å². The van der Waals surface area contributed by atoms with E-state index in [1.54, 1.807) is 12.5 Å². The summed E-state index contributed by atoms with van der Waals surface area (Å²) in [6, 6.07) is 9.59. The molecule has 2 N–H and O–H groups in total. The van der Waals surface area contributed by atoms with E-state index in [0.717, 1.165) is 27.8 Å². The van der Waals surface area contributed by atoms with Crippen LogP contribution in [0.2, 0.25) is 0 Å². The van der Waals surface area contributed by atoms with Gasteiger partial charge in [0, 0.05) is 25.0 Å². The molecular formula is C18H16N4O2. The van der Waals surface area contributed by atoms with Crippen molar-refractivity contribution < 1.29 is 9.15 Å². The van der Waals surface area contributed by atoms with Crippen molar-refractivity contribution >= 4 is 16.7 Å². The number of ether oxygens (including phenoxy) is 1. The van der Waals surface area contributed by atoms with Crippen molar-refractivity contribution in [1.82, 2.24) is 15.0 Å². The lowest BCUT2D eigenvalue weighted by atomic mass is 10.2. The molecule has 0 spiro atoms. The summed E-state index contributed by atoms with van der Waals surface area (Å²) in [4.78, 5) is 12.2. The number of benzene rings is 1. The predicted octanol–water partition coefficient (Wildman–Crippen LogP) is 4.36. The summed E-state index contributed by atoms with van der Waals surface area (Å²) in [5.41, 5.74) is 4.52. The van der Waals surface area contributed by atoms with Crippen molar-refractivity contribution in [2.45, 2.75) is 6.92 Å². The van der Waals surface area contributed by atoms with Crippen LogP contribution in [0.3, 0.4) is 0 Å². The van der Waals surface area contributed by atoms with Crippen LogP contribution in [0.1, 0.15) is 5.56 Å². The fourth-order valence-electron chi connectivity index (χ4n) is 2.56. The predicted molar refractivity (Wildman–Crippen MR) is 92.4 cm³/mol. The number of anilines is 1. The van der Waals surface area contributed by atoms with Crippen LogP contribution >= 0.6 is 0 Å². The summed E-state index contributed by atoms with van der Waals surface area (Å²) in [7, 11) is 1.89. The number of hydrogen-bond donors (Lipinski definition) is 2. The second-order valence-corrected chi connectivity index (χ2v) is 5.43. The number of furan rings is 1. The molecule has 0 aliphatic heterocycles. The second kappa shape index (κ2) is 5.73. The lowest BCUT2D eigenvalue weighted by molar-refractivity contribution is 0.468. The molecule has 0 aliphatic carbocycles. The highest BCUT2D eigenvalue weighted by molar-refractivity contribution is 5.82. The first kappa shape index (κ1) is 14.3. The van der Waals surface area contributed by atoms with E-state index in [9.17, 15) is 0 Å². The van der Waals surface area contributed by atoms with Crippen molar-refractivity contribution in [1.29, 1.82) is 0 Å². The van der Waals surface area contributed by atoms with Crippen molar-refractivity contribution in [2.24, 2.45) is 0 Å². The first-order valence-electron chi connectivity index (χ1n) is 7.58. The molecule has 24 heavy (non-hydrogen) atoms. The van der Waals surface area contributed by atoms with Gasteiger partial charge in [-0.25, -0.2) is 4.98 Å². The van der Waals surface area contributed by atoms with Gasteiger partial charge in [0.2, 0.25) is 5.88 Å². The Bertz CT molecular complexity index is 990. The highest BCUT2D eigenvalue weighted by Gasteiger charge is 2.13. The zero-order chi connectivity index (χ0) is 16.5. The molecule has 3 heterocycles. The van der Waals surface area contributed by atoms with E-state index in [-0.39, 0.29) is 0 Å². The number of aryl methyl sites for hydroxylation is 1. The van der Waals surface area contributed by atoms with Crippen LogP contribution in [0, 0.1) is 6.92 Å². The standard InChI is InChI=1S/C18H16N4O2/c1-11-3-4-13(9-15(11)19-2)24-18-16-14(5-7-20-16)21-17(22-18)12-6-8-23-10-12/h3-10,19-20H,1-2H3. The quantitative estimate of drug-likeness (QED) is 0.584. The maximum absolute atomic E-state index is 6.03. The zero-order valence-corrected chi connectivity index (χ0v) is 13.3. The molecule has 1 aromatic carbocycles. The van der Waals surface area contributed by atoms with E-state index in [0.29, 0.717) is 17.5 Å². The summed E-state index contributed by atoms with van der Waals surface area (Å²) < 4.78 is 11.2. The molecule has 0 saturated carbocycles. The van der Waals surface area contributed by atoms with E-state index in [1.807, 2.05) is 50.5 Å². The number of nitrogens with zero attached hydrogens (tertiary/aromatic N) is 2. The van der Waals surface area contributed by atoms with Crippen LogP contribution in [-0.2, 0) is 0 Å². The van der Waals surface area contributed by atoms with Gasteiger partial charge in [-0.2, -0.15) is 4.98 Å². The molecule has 120 valence electrons. The molecular weight excluding hydrogens is 304 g/mol. The number of aromatic nitrogens is 3. The Hall–Kier alpha value is -3.28. The van der Waals surface area contributed by atoms with Crippen LogP contribution in [0.15, 0.2) is 53.5 Å². The third-order valence-electron chi connectivity index (χ3n) is 3.84. The summed E-state index contributed by atoms with van der Waals surface area (Å²) in [5.74, 6) is 1.75. The van der Waals surface area contributed by atoms with E-state index < -0.39 is 0 Å². The average molecular weight is 320 g/mol. The van der Waals surface area contributed by atoms with Gasteiger partial charge in [0.05, 0.1) is 17.3 Å². The Morgan fingerprint density at radius 3 is 2.88 bits per heavy atom. The number of fused-ring (bicyclic) bond motifs is 1. The van der Waals surface area contributed by atoms with Gasteiger partial charge in [0.1, 0.15) is 17.5 Å². The topological polar surface area (TPSA) is 76.0 Å². The van der Waals surface area contributed by atoms with Crippen LogP contribution in [0.5, 0.6) is 11.6 Å². The molecule has 6 heteroatoms. The van der Waals surface area contributed by atoms with E-state index in [4.69, 9.17) is 9.15 Å². The second-order valence-electron chi connectivity index (χ2n) is 5.43. The van der Waals surface area contributed by atoms with E-state index in [1.165, 1.54) is 0 Å². The highest BCUT2D eigenvalue weighted by atomic mass is 16.5. The molecule has 0 atom stereocenters. The molecule has 0 aliphatic rings. The summed E-state index contributed by atoms with van der Waals surface area (Å²) in [6.07, 6.45) is 5.03. The molecule has 3 aromatic heterocycles. The van der Waals surface area contributed by atoms with Gasteiger partial charge in [-0.3, -0.25) is 0 Å². The van der Waals surface area contributed by atoms with Crippen LogP contribution < -0.4 is 10.1 Å². The molecule has 6 nitrogen and oxygen atoms in total. The smallest absolute Gasteiger partial charge is 0.247 e. The van der Waals surface area contributed by atoms with Crippen molar-refractivity contribution in [3.8, 4) is 23.0 Å². The molecule has 0 bridgehead atoms. The van der Waals surface area contributed by atoms with E-state index in [2.05, 4.69) is 20.3 Å². The molecule has 0 amide bonds. The highest BCUT2D eigenvalue weighted by Crippen LogP contribution is 2.31. The average Bonchev–Trinajstić information content (AvgIpc) is 3.27. The maximum Gasteiger partial charge on any atom is 0.247 e. The molecule has 0 unspecified atom stereocenters. The Kier molecular flexibility index (Phi) is 3.42. The minimum atomic E-state index is 0.479. The molecule has 4 aromatic rings. The normalized spacial score (nSPS) is 10.9. The van der Waals surface area contributed by atoms with Crippen molar-refractivity contribution in [3.63, 3.8) is 0 Å². The van der Waals surface area contributed by atoms with Crippen LogP contribution in [0.4, 0.5) is 5.69 Å². The number of H-pyrrole nitrogens is 1. The first-order chi connectivity index (χ1) is 11.7. The fourth-order valence-corrected chi connectivity index (χ4v) is 2.56. The van der Waals surface area contributed by atoms with E-state index >= 15 is 0 Å². The van der Waals surface area contributed by atoms with Crippen LogP contribution in [-0.4, -0.2) is 22.0 Å². The fraction of sp³-hybridized carbons (Fsp3) is 0.111. The van der Waals surface area contributed by atoms with Gasteiger partial charge >= 0.3 is 0 Å². The Balaban J connectivity index is 1.79. The number of rotatable bonds is 4. The third-order valence-corrected chi connectivity index (χ3v) is 3.84. The molecule has 0 fully saturated rings. The lowest BCUT2D eigenvalue weighted by Gasteiger charge is -2.10. The molecule has 0 radical (unpaired) electrons. The lowest BCUT2D eigenvalue weighted by Crippen LogP contribution is -1.96. The summed E-state index contributed by atoms with van der Waals surface area (Å²) >= 11 is 0. The van der Waals surface area contributed by atoms with Crippen molar-refractivity contribution in [3.05, 3.63) is 54.6 Å². The Morgan fingerprint density at radius 1 is 1.17 bits per heavy atom. The minimum absolute atomic E-state index is 0.479. The zero-order valence-electron chi connectivity index (χ0n) is 13.3. The summed E-state index contributed by atoms with van der Waals surface area (Å²) in [6.45, 7) is 2.04. The van der Waals surface area contributed by atoms with Crippen LogP contribution in [0.25, 0.3) is 22.4 Å². The molecule has 4 rings (SSSR count). The number of hydrogen-bond acceptors (Lipinski definition) is 5. The monoisotopic (exact) mass is 320 g/mol. The van der Waals surface area contributed by atoms with Crippen molar-refractivity contribution in [2.75, 3.05) is 12.4 Å². The third kappa shape index (κ3) is 2.48. The van der Waals surface area contributed by atoms with Gasteiger partial charge in [-0.15, -0.1) is 0 Å². The van der Waals surface area contributed by atoms with Gasteiger partial charge in [0.25, 0.3) is 0 Å². The first-order valence-corrected chi connectivity index (χ1v) is 7.58. The minimum Gasteiger partial charge on any atom is -0.472 e. The largest absolute Gasteiger partial charge is 0.472 e. The Morgan fingerprint density at radius 2 is 2.08 bits per heavy atom. The van der Waals surface area contributed by atoms with Gasteiger partial charge in [0.15, 0.2) is 5.82 Å². The maximum atomic E-state index is 6.03. The van der Waals surface area contributed by atoms with Gasteiger partial charge in [-0.1, -0.05) is 6.07 Å². The molecule has 0 saturated heterocycles. The Labute approximate surface area is 138 Å².